The molecule has 0 radical (unpaired) electrons. The molecular weight excluding hydrogens is 392 g/mol. The zero-order valence-electron chi connectivity index (χ0n) is 12.1. The van der Waals surface area contributed by atoms with Gasteiger partial charge in [-0.1, -0.05) is 24.3 Å². The van der Waals surface area contributed by atoms with Crippen molar-refractivity contribution < 1.29 is 0 Å². The van der Waals surface area contributed by atoms with Crippen LogP contribution in [0.5, 0.6) is 0 Å². The molecule has 0 spiro atoms. The summed E-state index contributed by atoms with van der Waals surface area (Å²) in [5, 5.41) is 2.53. The summed E-state index contributed by atoms with van der Waals surface area (Å²) in [5.41, 5.74) is 2.59. The molecular formula is C18H13BrS3. The van der Waals surface area contributed by atoms with Gasteiger partial charge in [-0.2, -0.15) is 0 Å². The Labute approximate surface area is 151 Å². The zero-order valence-corrected chi connectivity index (χ0v) is 16.2. The topological polar surface area (TPSA) is 0 Å². The summed E-state index contributed by atoms with van der Waals surface area (Å²) in [6.07, 6.45) is 0. The monoisotopic (exact) mass is 404 g/mol. The van der Waals surface area contributed by atoms with Gasteiger partial charge in [0.1, 0.15) is 0 Å². The van der Waals surface area contributed by atoms with E-state index < -0.39 is 0 Å². The van der Waals surface area contributed by atoms with Crippen LogP contribution in [-0.2, 0) is 0 Å². The highest BCUT2D eigenvalue weighted by Gasteiger charge is 2.18. The summed E-state index contributed by atoms with van der Waals surface area (Å²) in [6, 6.07) is 13.2. The van der Waals surface area contributed by atoms with Crippen molar-refractivity contribution in [3.8, 4) is 9.75 Å². The number of thiophene rings is 2. The predicted molar refractivity (Wildman–Crippen MR) is 107 cm³/mol. The van der Waals surface area contributed by atoms with E-state index in [1.165, 1.54) is 45.5 Å². The first-order chi connectivity index (χ1) is 10.5. The van der Waals surface area contributed by atoms with E-state index in [0.29, 0.717) is 0 Å². The summed E-state index contributed by atoms with van der Waals surface area (Å²) in [5.74, 6) is 0. The van der Waals surface area contributed by atoms with Gasteiger partial charge in [0, 0.05) is 29.5 Å². The Morgan fingerprint density at radius 1 is 0.818 bits per heavy atom. The van der Waals surface area contributed by atoms with Crippen LogP contribution < -0.4 is 0 Å². The molecule has 0 aliphatic rings. The maximum absolute atomic E-state index is 4.81. The Hall–Kier alpha value is -0.810. The summed E-state index contributed by atoms with van der Waals surface area (Å²) in [4.78, 5) is 3.63. The summed E-state index contributed by atoms with van der Waals surface area (Å²) < 4.78 is 3.81. The van der Waals surface area contributed by atoms with Gasteiger partial charge in [-0.05, 0) is 53.0 Å². The second kappa shape index (κ2) is 5.38. The van der Waals surface area contributed by atoms with Crippen molar-refractivity contribution in [3.63, 3.8) is 0 Å². The quantitative estimate of drug-likeness (QED) is 0.312. The fourth-order valence-corrected chi connectivity index (χ4v) is 6.84. The van der Waals surface area contributed by atoms with Crippen molar-refractivity contribution in [2.45, 2.75) is 18.7 Å². The number of hydrogen-bond donors (Lipinski definition) is 1. The average Bonchev–Trinajstić information content (AvgIpc) is 2.96. The molecule has 4 heteroatoms. The van der Waals surface area contributed by atoms with Crippen LogP contribution in [0, 0.1) is 13.8 Å². The Balaban J connectivity index is 2.02. The van der Waals surface area contributed by atoms with Gasteiger partial charge >= 0.3 is 0 Å². The van der Waals surface area contributed by atoms with Crippen LogP contribution in [-0.4, -0.2) is 0 Å². The van der Waals surface area contributed by atoms with Gasteiger partial charge in [-0.15, -0.1) is 35.3 Å². The van der Waals surface area contributed by atoms with E-state index in [1.54, 1.807) is 0 Å². The van der Waals surface area contributed by atoms with Gasteiger partial charge in [0.25, 0.3) is 0 Å². The Morgan fingerprint density at radius 2 is 1.36 bits per heavy atom. The fraction of sp³-hybridized carbons (Fsp3) is 0.111. The van der Waals surface area contributed by atoms with Crippen LogP contribution in [0.25, 0.3) is 29.9 Å². The van der Waals surface area contributed by atoms with Crippen LogP contribution in [0.4, 0.5) is 0 Å². The molecule has 0 bridgehead atoms. The van der Waals surface area contributed by atoms with E-state index in [0.717, 1.165) is 4.90 Å². The Morgan fingerprint density at radius 3 is 2.05 bits per heavy atom. The molecule has 4 rings (SSSR count). The smallest absolute Gasteiger partial charge is 0.0609 e. The third kappa shape index (κ3) is 2.24. The molecule has 22 heavy (non-hydrogen) atoms. The van der Waals surface area contributed by atoms with Gasteiger partial charge in [-0.3, -0.25) is 0 Å². The Bertz CT molecular complexity index is 940. The van der Waals surface area contributed by atoms with E-state index in [-0.39, 0.29) is 0 Å². The third-order valence-corrected chi connectivity index (χ3v) is 7.98. The van der Waals surface area contributed by atoms with Crippen molar-refractivity contribution in [2.75, 3.05) is 0 Å². The molecule has 0 atom stereocenters. The summed E-state index contributed by atoms with van der Waals surface area (Å²) in [6.45, 7) is 4.27. The molecule has 0 aliphatic carbocycles. The predicted octanol–water partition coefficient (Wildman–Crippen LogP) is 7.45. The zero-order chi connectivity index (χ0) is 15.4. The number of aryl methyl sites for hydroxylation is 2. The molecule has 0 saturated carbocycles. The van der Waals surface area contributed by atoms with Crippen LogP contribution in [0.2, 0.25) is 0 Å². The minimum absolute atomic E-state index is 1.09. The molecule has 0 unspecified atom stereocenters. The lowest BCUT2D eigenvalue weighted by Gasteiger charge is -1.96. The number of fused-ring (bicyclic) bond motifs is 2. The van der Waals surface area contributed by atoms with Crippen LogP contribution in [0.1, 0.15) is 11.1 Å². The van der Waals surface area contributed by atoms with Gasteiger partial charge in [0.2, 0.25) is 0 Å². The molecule has 2 aromatic heterocycles. The normalized spacial score (nSPS) is 11.6. The minimum Gasteiger partial charge on any atom is -0.141 e. The second-order valence-electron chi connectivity index (χ2n) is 5.52. The molecule has 2 heterocycles. The number of thiol groups is 1. The highest BCUT2D eigenvalue weighted by atomic mass is 79.9. The molecule has 0 saturated heterocycles. The van der Waals surface area contributed by atoms with Crippen molar-refractivity contribution in [3.05, 3.63) is 52.0 Å². The van der Waals surface area contributed by atoms with E-state index >= 15 is 0 Å². The molecule has 4 aromatic rings. The first-order valence-electron chi connectivity index (χ1n) is 6.96. The number of halogens is 1. The first-order valence-corrected chi connectivity index (χ1v) is 9.83. The molecule has 110 valence electrons. The summed E-state index contributed by atoms with van der Waals surface area (Å²) >= 11 is 12.3. The summed E-state index contributed by atoms with van der Waals surface area (Å²) in [7, 11) is 0. The standard InChI is InChI=1S/C18H13BrS3/c1-9-3-5-11-13(7-9)21-17(15(11)19)18-16(20)12-6-4-10(2)8-14(12)22-18/h3-8,20H,1-2H3. The van der Waals surface area contributed by atoms with Gasteiger partial charge in [-0.25, -0.2) is 0 Å². The van der Waals surface area contributed by atoms with E-state index in [9.17, 15) is 0 Å². The largest absolute Gasteiger partial charge is 0.141 e. The molecule has 0 amide bonds. The van der Waals surface area contributed by atoms with Crippen molar-refractivity contribution in [2.24, 2.45) is 0 Å². The van der Waals surface area contributed by atoms with Gasteiger partial charge in [0.15, 0.2) is 0 Å². The van der Waals surface area contributed by atoms with Gasteiger partial charge < -0.3 is 0 Å². The highest BCUT2D eigenvalue weighted by Crippen LogP contribution is 2.49. The van der Waals surface area contributed by atoms with Crippen LogP contribution >= 0.6 is 51.2 Å². The fourth-order valence-electron chi connectivity index (χ4n) is 2.66. The van der Waals surface area contributed by atoms with Crippen molar-refractivity contribution in [1.82, 2.24) is 0 Å². The number of rotatable bonds is 1. The third-order valence-electron chi connectivity index (χ3n) is 3.81. The van der Waals surface area contributed by atoms with Crippen LogP contribution in [0.15, 0.2) is 45.8 Å². The highest BCUT2D eigenvalue weighted by molar-refractivity contribution is 9.10. The lowest BCUT2D eigenvalue weighted by molar-refractivity contribution is 1.51. The maximum Gasteiger partial charge on any atom is 0.0609 e. The second-order valence-corrected chi connectivity index (χ2v) is 8.87. The van der Waals surface area contributed by atoms with E-state index in [4.69, 9.17) is 12.6 Å². The average molecular weight is 405 g/mol. The number of benzene rings is 2. The van der Waals surface area contributed by atoms with Crippen LogP contribution in [0.3, 0.4) is 0 Å². The molecule has 0 N–H and O–H groups in total. The lowest BCUT2D eigenvalue weighted by Crippen LogP contribution is -1.71. The van der Waals surface area contributed by atoms with Crippen molar-refractivity contribution in [1.29, 1.82) is 0 Å². The lowest BCUT2D eigenvalue weighted by atomic mass is 10.2. The van der Waals surface area contributed by atoms with Crippen molar-refractivity contribution >= 4 is 71.4 Å². The van der Waals surface area contributed by atoms with E-state index in [2.05, 4.69) is 66.2 Å². The minimum atomic E-state index is 1.09. The molecule has 0 aliphatic heterocycles. The van der Waals surface area contributed by atoms with E-state index in [1.807, 2.05) is 22.7 Å². The SMILES string of the molecule is Cc1ccc2c(S)c(-c3sc4cc(C)ccc4c3Br)sc2c1. The molecule has 0 nitrogen and oxygen atoms in total. The maximum atomic E-state index is 4.81. The van der Waals surface area contributed by atoms with Gasteiger partial charge in [0.05, 0.1) is 9.75 Å². The number of hydrogen-bond acceptors (Lipinski definition) is 3. The molecule has 2 aromatic carbocycles. The Kier molecular flexibility index (Phi) is 3.61. The molecule has 0 fully saturated rings. The first kappa shape index (κ1) is 14.8.